The highest BCUT2D eigenvalue weighted by atomic mass is 79.9. The van der Waals surface area contributed by atoms with Gasteiger partial charge in [0.15, 0.2) is 0 Å². The molecule has 0 bridgehead atoms. The standard InChI is InChI=1S/C14H13BrN2O2/c1-19-13-7-6-11(16)8-12(13)17-14(18)9-2-4-10(15)5-3-9/h2-8H,16H2,1H3,(H,17,18). The minimum Gasteiger partial charge on any atom is -0.495 e. The third-order valence-electron chi connectivity index (χ3n) is 2.58. The first-order valence-corrected chi connectivity index (χ1v) is 6.40. The maximum absolute atomic E-state index is 12.1. The predicted molar refractivity (Wildman–Crippen MR) is 79.5 cm³/mol. The molecule has 0 aromatic heterocycles. The van der Waals surface area contributed by atoms with Crippen molar-refractivity contribution in [3.05, 3.63) is 52.5 Å². The fourth-order valence-corrected chi connectivity index (χ4v) is 1.88. The van der Waals surface area contributed by atoms with Gasteiger partial charge in [0, 0.05) is 15.7 Å². The van der Waals surface area contributed by atoms with E-state index in [0.717, 1.165) is 4.47 Å². The number of carbonyl (C=O) groups is 1. The molecule has 0 saturated heterocycles. The molecule has 19 heavy (non-hydrogen) atoms. The molecule has 98 valence electrons. The van der Waals surface area contributed by atoms with Gasteiger partial charge in [-0.3, -0.25) is 4.79 Å². The summed E-state index contributed by atoms with van der Waals surface area (Å²) in [5.41, 5.74) is 7.38. The Morgan fingerprint density at radius 2 is 1.89 bits per heavy atom. The zero-order valence-electron chi connectivity index (χ0n) is 10.3. The molecule has 4 nitrogen and oxygen atoms in total. The number of carbonyl (C=O) groups excluding carboxylic acids is 1. The highest BCUT2D eigenvalue weighted by Crippen LogP contribution is 2.27. The fraction of sp³-hybridized carbons (Fsp3) is 0.0714. The lowest BCUT2D eigenvalue weighted by atomic mass is 10.2. The van der Waals surface area contributed by atoms with Crippen molar-refractivity contribution in [2.45, 2.75) is 0 Å². The molecule has 0 spiro atoms. The Hall–Kier alpha value is -2.01. The average Bonchev–Trinajstić information content (AvgIpc) is 2.39. The van der Waals surface area contributed by atoms with Crippen molar-refractivity contribution in [2.75, 3.05) is 18.2 Å². The minimum absolute atomic E-state index is 0.212. The molecule has 0 aliphatic rings. The van der Waals surface area contributed by atoms with Crippen LogP contribution in [-0.4, -0.2) is 13.0 Å². The van der Waals surface area contributed by atoms with Gasteiger partial charge in [0.2, 0.25) is 0 Å². The summed E-state index contributed by atoms with van der Waals surface area (Å²) in [6.45, 7) is 0. The van der Waals surface area contributed by atoms with Crippen LogP contribution in [0.5, 0.6) is 5.75 Å². The Bertz CT molecular complexity index is 597. The normalized spacial score (nSPS) is 10.0. The molecule has 0 fully saturated rings. The summed E-state index contributed by atoms with van der Waals surface area (Å²) in [5, 5.41) is 2.78. The van der Waals surface area contributed by atoms with Gasteiger partial charge < -0.3 is 15.8 Å². The number of ether oxygens (including phenoxy) is 1. The van der Waals surface area contributed by atoms with E-state index in [2.05, 4.69) is 21.2 Å². The number of methoxy groups -OCH3 is 1. The van der Waals surface area contributed by atoms with Crippen molar-refractivity contribution in [2.24, 2.45) is 0 Å². The number of benzene rings is 2. The number of halogens is 1. The van der Waals surface area contributed by atoms with Crippen LogP contribution in [0.3, 0.4) is 0 Å². The molecule has 2 rings (SSSR count). The SMILES string of the molecule is COc1ccc(N)cc1NC(=O)c1ccc(Br)cc1. The maximum atomic E-state index is 12.1. The lowest BCUT2D eigenvalue weighted by Gasteiger charge is -2.11. The van der Waals surface area contributed by atoms with Crippen LogP contribution in [-0.2, 0) is 0 Å². The Labute approximate surface area is 119 Å². The molecule has 3 N–H and O–H groups in total. The molecule has 0 aliphatic heterocycles. The van der Waals surface area contributed by atoms with Crippen LogP contribution in [0.15, 0.2) is 46.9 Å². The van der Waals surface area contributed by atoms with E-state index in [-0.39, 0.29) is 5.91 Å². The lowest BCUT2D eigenvalue weighted by Crippen LogP contribution is -2.12. The molecular weight excluding hydrogens is 308 g/mol. The van der Waals surface area contributed by atoms with Gasteiger partial charge in [-0.2, -0.15) is 0 Å². The second-order valence-electron chi connectivity index (χ2n) is 3.92. The summed E-state index contributed by atoms with van der Waals surface area (Å²) in [6.07, 6.45) is 0. The van der Waals surface area contributed by atoms with Crippen molar-refractivity contribution in [3.8, 4) is 5.75 Å². The van der Waals surface area contributed by atoms with Gasteiger partial charge in [0.25, 0.3) is 5.91 Å². The molecule has 0 unspecified atom stereocenters. The van der Waals surface area contributed by atoms with Crippen LogP contribution in [0.25, 0.3) is 0 Å². The maximum Gasteiger partial charge on any atom is 0.255 e. The number of anilines is 2. The van der Waals surface area contributed by atoms with Gasteiger partial charge in [-0.1, -0.05) is 15.9 Å². The van der Waals surface area contributed by atoms with Crippen LogP contribution in [0.1, 0.15) is 10.4 Å². The third-order valence-corrected chi connectivity index (χ3v) is 3.11. The quantitative estimate of drug-likeness (QED) is 0.853. The number of nitrogens with two attached hydrogens (primary N) is 1. The molecular formula is C14H13BrN2O2. The van der Waals surface area contributed by atoms with E-state index in [9.17, 15) is 4.79 Å². The van der Waals surface area contributed by atoms with Gasteiger partial charge in [0.1, 0.15) is 5.75 Å². The molecule has 2 aromatic carbocycles. The van der Waals surface area contributed by atoms with Crippen LogP contribution in [0.2, 0.25) is 0 Å². The van der Waals surface area contributed by atoms with E-state index in [1.807, 2.05) is 12.1 Å². The summed E-state index contributed by atoms with van der Waals surface area (Å²) in [6, 6.07) is 12.2. The molecule has 0 aliphatic carbocycles. The number of rotatable bonds is 3. The zero-order chi connectivity index (χ0) is 13.8. The van der Waals surface area contributed by atoms with Gasteiger partial charge in [0.05, 0.1) is 12.8 Å². The number of hydrogen-bond acceptors (Lipinski definition) is 3. The lowest BCUT2D eigenvalue weighted by molar-refractivity contribution is 0.102. The van der Waals surface area contributed by atoms with Crippen molar-refractivity contribution in [1.29, 1.82) is 0 Å². The minimum atomic E-state index is -0.212. The van der Waals surface area contributed by atoms with Crippen molar-refractivity contribution < 1.29 is 9.53 Å². The first kappa shape index (κ1) is 13.4. The summed E-state index contributed by atoms with van der Waals surface area (Å²) in [7, 11) is 1.54. The molecule has 0 radical (unpaired) electrons. The van der Waals surface area contributed by atoms with Crippen molar-refractivity contribution in [3.63, 3.8) is 0 Å². The monoisotopic (exact) mass is 320 g/mol. The Balaban J connectivity index is 2.23. The predicted octanol–water partition coefficient (Wildman–Crippen LogP) is 3.29. The van der Waals surface area contributed by atoms with Gasteiger partial charge in [-0.05, 0) is 42.5 Å². The van der Waals surface area contributed by atoms with E-state index in [0.29, 0.717) is 22.7 Å². The zero-order valence-corrected chi connectivity index (χ0v) is 11.9. The largest absolute Gasteiger partial charge is 0.495 e. The summed E-state index contributed by atoms with van der Waals surface area (Å²) in [5.74, 6) is 0.357. The fourth-order valence-electron chi connectivity index (χ4n) is 1.62. The van der Waals surface area contributed by atoms with E-state index >= 15 is 0 Å². The highest BCUT2D eigenvalue weighted by Gasteiger charge is 2.09. The van der Waals surface area contributed by atoms with Crippen LogP contribution < -0.4 is 15.8 Å². The van der Waals surface area contributed by atoms with Crippen molar-refractivity contribution >= 4 is 33.2 Å². The Kier molecular flexibility index (Phi) is 4.06. The summed E-state index contributed by atoms with van der Waals surface area (Å²) >= 11 is 3.33. The van der Waals surface area contributed by atoms with Gasteiger partial charge in [-0.15, -0.1) is 0 Å². The average molecular weight is 321 g/mol. The van der Waals surface area contributed by atoms with E-state index in [4.69, 9.17) is 10.5 Å². The number of hydrogen-bond donors (Lipinski definition) is 2. The van der Waals surface area contributed by atoms with Gasteiger partial charge >= 0.3 is 0 Å². The molecule has 0 atom stereocenters. The molecule has 1 amide bonds. The number of nitrogen functional groups attached to an aromatic ring is 1. The smallest absolute Gasteiger partial charge is 0.255 e. The molecule has 0 saturated carbocycles. The van der Waals surface area contributed by atoms with Crippen LogP contribution in [0, 0.1) is 0 Å². The molecule has 2 aromatic rings. The van der Waals surface area contributed by atoms with Gasteiger partial charge in [-0.25, -0.2) is 0 Å². The van der Waals surface area contributed by atoms with Crippen molar-refractivity contribution in [1.82, 2.24) is 0 Å². The second-order valence-corrected chi connectivity index (χ2v) is 4.84. The van der Waals surface area contributed by atoms with Crippen LogP contribution in [0.4, 0.5) is 11.4 Å². The summed E-state index contributed by atoms with van der Waals surface area (Å²) in [4.78, 5) is 12.1. The molecule has 0 heterocycles. The number of nitrogens with one attached hydrogen (secondary N) is 1. The topological polar surface area (TPSA) is 64.3 Å². The third kappa shape index (κ3) is 3.26. The van der Waals surface area contributed by atoms with E-state index in [1.165, 1.54) is 0 Å². The first-order chi connectivity index (χ1) is 9.10. The Morgan fingerprint density at radius 3 is 2.53 bits per heavy atom. The number of amides is 1. The highest BCUT2D eigenvalue weighted by molar-refractivity contribution is 9.10. The van der Waals surface area contributed by atoms with E-state index in [1.54, 1.807) is 37.4 Å². The second kappa shape index (κ2) is 5.75. The van der Waals surface area contributed by atoms with E-state index < -0.39 is 0 Å². The molecule has 5 heteroatoms. The first-order valence-electron chi connectivity index (χ1n) is 5.60. The summed E-state index contributed by atoms with van der Waals surface area (Å²) < 4.78 is 6.10. The van der Waals surface area contributed by atoms with Crippen LogP contribution >= 0.6 is 15.9 Å². The Morgan fingerprint density at radius 1 is 1.21 bits per heavy atom.